The summed E-state index contributed by atoms with van der Waals surface area (Å²) in [5, 5.41) is 8.17. The molecule has 1 aromatic heterocycles. The minimum atomic E-state index is -0.299. The molecule has 0 unspecified atom stereocenters. The van der Waals surface area contributed by atoms with Crippen molar-refractivity contribution in [2.24, 2.45) is 0 Å². The molecule has 2 amide bonds. The maximum absolute atomic E-state index is 13.4. The molecule has 0 fully saturated rings. The van der Waals surface area contributed by atoms with Crippen molar-refractivity contribution in [2.75, 3.05) is 16.8 Å². The van der Waals surface area contributed by atoms with E-state index >= 15 is 0 Å². The van der Waals surface area contributed by atoms with Gasteiger partial charge in [-0.25, -0.2) is 4.39 Å². The largest absolute Gasteiger partial charge is 0.324 e. The second-order valence-electron chi connectivity index (χ2n) is 7.26. The van der Waals surface area contributed by atoms with Crippen LogP contribution in [0, 0.1) is 5.82 Å². The molecule has 7 heteroatoms. The third-order valence-electron chi connectivity index (χ3n) is 5.12. The molecule has 2 atom stereocenters. The lowest BCUT2D eigenvalue weighted by atomic mass is 10.1. The Hall–Kier alpha value is -3.03. The molecule has 0 spiro atoms. The van der Waals surface area contributed by atoms with Crippen molar-refractivity contribution in [1.82, 2.24) is 5.32 Å². The van der Waals surface area contributed by atoms with Gasteiger partial charge in [-0.15, -0.1) is 11.3 Å². The fourth-order valence-electron chi connectivity index (χ4n) is 3.74. The number of amides is 2. The first-order valence-corrected chi connectivity index (χ1v) is 10.6. The Balaban J connectivity index is 1.57. The molecule has 3 aromatic rings. The van der Waals surface area contributed by atoms with E-state index in [-0.39, 0.29) is 42.7 Å². The predicted octanol–water partition coefficient (Wildman–Crippen LogP) is 4.33. The van der Waals surface area contributed by atoms with Crippen LogP contribution >= 0.6 is 11.3 Å². The van der Waals surface area contributed by atoms with Crippen molar-refractivity contribution < 1.29 is 14.0 Å². The number of para-hydroxylation sites is 2. The molecule has 4 rings (SSSR count). The van der Waals surface area contributed by atoms with E-state index in [1.54, 1.807) is 34.4 Å². The number of anilines is 2. The monoisotopic (exact) mass is 423 g/mol. The molecule has 0 radical (unpaired) electrons. The molecule has 0 saturated carbocycles. The Morgan fingerprint density at radius 1 is 1.20 bits per heavy atom. The second-order valence-corrected chi connectivity index (χ2v) is 8.24. The number of thiophene rings is 1. The van der Waals surface area contributed by atoms with Gasteiger partial charge in [-0.1, -0.05) is 30.3 Å². The summed E-state index contributed by atoms with van der Waals surface area (Å²) in [4.78, 5) is 28.1. The van der Waals surface area contributed by atoms with Crippen LogP contribution in [0.4, 0.5) is 15.8 Å². The molecule has 0 saturated heterocycles. The molecular weight excluding hydrogens is 401 g/mol. The molecular formula is C23H22FN3O2S. The number of rotatable bonds is 5. The third-order valence-corrected chi connectivity index (χ3v) is 6.05. The van der Waals surface area contributed by atoms with Gasteiger partial charge < -0.3 is 10.2 Å². The quantitative estimate of drug-likeness (QED) is 0.642. The van der Waals surface area contributed by atoms with Gasteiger partial charge in [0.05, 0.1) is 24.0 Å². The fourth-order valence-corrected chi connectivity index (χ4v) is 4.56. The third kappa shape index (κ3) is 4.27. The van der Waals surface area contributed by atoms with Crippen LogP contribution in [0.2, 0.25) is 0 Å². The van der Waals surface area contributed by atoms with E-state index in [9.17, 15) is 14.0 Å². The number of carbonyl (C=O) groups excluding carboxylic acids is 2. The van der Waals surface area contributed by atoms with Gasteiger partial charge in [0.1, 0.15) is 5.82 Å². The Bertz CT molecular complexity index is 1040. The number of hydrogen-bond donors (Lipinski definition) is 2. The van der Waals surface area contributed by atoms with Gasteiger partial charge in [0.15, 0.2) is 0 Å². The van der Waals surface area contributed by atoms with Gasteiger partial charge in [0, 0.05) is 17.3 Å². The number of nitrogens with zero attached hydrogens (tertiary/aromatic N) is 1. The highest BCUT2D eigenvalue weighted by molar-refractivity contribution is 7.10. The first-order chi connectivity index (χ1) is 14.5. The lowest BCUT2D eigenvalue weighted by molar-refractivity contribution is -0.118. The highest BCUT2D eigenvalue weighted by Crippen LogP contribution is 2.32. The Morgan fingerprint density at radius 2 is 1.97 bits per heavy atom. The average molecular weight is 424 g/mol. The van der Waals surface area contributed by atoms with Gasteiger partial charge in [0.25, 0.3) is 0 Å². The van der Waals surface area contributed by atoms with E-state index < -0.39 is 0 Å². The van der Waals surface area contributed by atoms with Crippen molar-refractivity contribution in [1.29, 1.82) is 0 Å². The van der Waals surface area contributed by atoms with Gasteiger partial charge in [-0.2, -0.15) is 0 Å². The van der Waals surface area contributed by atoms with Crippen molar-refractivity contribution in [2.45, 2.75) is 25.4 Å². The standard InChI is InChI=1S/C23H22FN3O2S/c1-15-13-21(28)26-18-5-2-3-6-19(18)27(15)22(29)14-25-23(20-7-4-12-30-20)16-8-10-17(24)11-9-16/h2-12,15,23,25H,13-14H2,1H3,(H,26,28)/t15-,23-/m1/s1. The molecule has 154 valence electrons. The van der Waals surface area contributed by atoms with Crippen LogP contribution in [-0.2, 0) is 9.59 Å². The van der Waals surface area contributed by atoms with Crippen LogP contribution < -0.4 is 15.5 Å². The number of halogens is 1. The summed E-state index contributed by atoms with van der Waals surface area (Å²) < 4.78 is 13.4. The first-order valence-electron chi connectivity index (χ1n) is 9.76. The maximum atomic E-state index is 13.4. The fraction of sp³-hybridized carbons (Fsp3) is 0.217. The van der Waals surface area contributed by atoms with Crippen LogP contribution in [0.15, 0.2) is 66.0 Å². The Morgan fingerprint density at radius 3 is 2.70 bits per heavy atom. The smallest absolute Gasteiger partial charge is 0.241 e. The van der Waals surface area contributed by atoms with Gasteiger partial charge in [-0.3, -0.25) is 14.9 Å². The lowest BCUT2D eigenvalue weighted by Crippen LogP contribution is -2.44. The molecule has 0 bridgehead atoms. The number of fused-ring (bicyclic) bond motifs is 1. The summed E-state index contributed by atoms with van der Waals surface area (Å²) >= 11 is 1.57. The van der Waals surface area contributed by atoms with Crippen LogP contribution in [0.3, 0.4) is 0 Å². The summed E-state index contributed by atoms with van der Waals surface area (Å²) in [6, 6.07) is 17.0. The summed E-state index contributed by atoms with van der Waals surface area (Å²) in [6.45, 7) is 1.95. The van der Waals surface area contributed by atoms with E-state index in [1.807, 2.05) is 42.6 Å². The zero-order chi connectivity index (χ0) is 21.1. The van der Waals surface area contributed by atoms with Crippen LogP contribution in [-0.4, -0.2) is 24.4 Å². The molecule has 2 heterocycles. The molecule has 2 N–H and O–H groups in total. The lowest BCUT2D eigenvalue weighted by Gasteiger charge is -2.29. The SMILES string of the molecule is C[C@@H]1CC(=O)Nc2ccccc2N1C(=O)CN[C@H](c1ccc(F)cc1)c1cccs1. The average Bonchev–Trinajstić information content (AvgIpc) is 3.21. The number of carbonyl (C=O) groups is 2. The van der Waals surface area contributed by atoms with E-state index in [2.05, 4.69) is 10.6 Å². The van der Waals surface area contributed by atoms with Gasteiger partial charge in [0.2, 0.25) is 11.8 Å². The topological polar surface area (TPSA) is 61.4 Å². The van der Waals surface area contributed by atoms with E-state index in [0.29, 0.717) is 11.4 Å². The van der Waals surface area contributed by atoms with Crippen LogP contribution in [0.1, 0.15) is 29.8 Å². The van der Waals surface area contributed by atoms with Crippen molar-refractivity contribution in [3.63, 3.8) is 0 Å². The minimum absolute atomic E-state index is 0.0762. The van der Waals surface area contributed by atoms with E-state index in [0.717, 1.165) is 10.4 Å². The summed E-state index contributed by atoms with van der Waals surface area (Å²) in [6.07, 6.45) is 0.229. The van der Waals surface area contributed by atoms with Crippen molar-refractivity contribution in [3.05, 3.63) is 82.3 Å². The van der Waals surface area contributed by atoms with E-state index in [4.69, 9.17) is 0 Å². The van der Waals surface area contributed by atoms with Crippen LogP contribution in [0.5, 0.6) is 0 Å². The van der Waals surface area contributed by atoms with Gasteiger partial charge in [-0.05, 0) is 48.2 Å². The second kappa shape index (κ2) is 8.77. The van der Waals surface area contributed by atoms with Crippen molar-refractivity contribution in [3.8, 4) is 0 Å². The zero-order valence-electron chi connectivity index (χ0n) is 16.5. The summed E-state index contributed by atoms with van der Waals surface area (Å²) in [5.74, 6) is -0.539. The highest BCUT2D eigenvalue weighted by Gasteiger charge is 2.30. The predicted molar refractivity (Wildman–Crippen MR) is 117 cm³/mol. The summed E-state index contributed by atoms with van der Waals surface area (Å²) in [5.41, 5.74) is 2.21. The normalized spacial score (nSPS) is 17.1. The molecule has 5 nitrogen and oxygen atoms in total. The first kappa shape index (κ1) is 20.3. The molecule has 0 aliphatic carbocycles. The molecule has 1 aliphatic rings. The summed E-state index contributed by atoms with van der Waals surface area (Å²) in [7, 11) is 0. The van der Waals surface area contributed by atoms with E-state index in [1.165, 1.54) is 12.1 Å². The number of hydrogen-bond acceptors (Lipinski definition) is 4. The molecule has 2 aromatic carbocycles. The van der Waals surface area contributed by atoms with Gasteiger partial charge >= 0.3 is 0 Å². The van der Waals surface area contributed by atoms with Crippen molar-refractivity contribution >= 4 is 34.5 Å². The van der Waals surface area contributed by atoms with Crippen LogP contribution in [0.25, 0.3) is 0 Å². The Labute approximate surface area is 178 Å². The molecule has 30 heavy (non-hydrogen) atoms. The number of nitrogens with one attached hydrogen (secondary N) is 2. The molecule has 1 aliphatic heterocycles. The maximum Gasteiger partial charge on any atom is 0.241 e. The Kier molecular flexibility index (Phi) is 5.92. The number of benzene rings is 2. The zero-order valence-corrected chi connectivity index (χ0v) is 17.3. The minimum Gasteiger partial charge on any atom is -0.324 e. The highest BCUT2D eigenvalue weighted by atomic mass is 32.1.